The zero-order chi connectivity index (χ0) is 22.9. The molecule has 0 fully saturated rings. The number of H-pyrrole nitrogens is 1. The quantitative estimate of drug-likeness (QED) is 0.285. The molecule has 0 radical (unpaired) electrons. The lowest BCUT2D eigenvalue weighted by Crippen LogP contribution is -2.12. The Morgan fingerprint density at radius 3 is 2.76 bits per heavy atom. The van der Waals surface area contributed by atoms with Crippen LogP contribution in [0.25, 0.3) is 32.0 Å². The fourth-order valence-electron chi connectivity index (χ4n) is 3.67. The molecule has 10 heteroatoms. The number of rotatable bonds is 7. The number of thioether (sulfide) groups is 1. The normalized spacial score (nSPS) is 12.3. The van der Waals surface area contributed by atoms with Gasteiger partial charge in [0.2, 0.25) is 0 Å². The molecule has 0 aliphatic carbocycles. The molecule has 5 aromatic rings. The van der Waals surface area contributed by atoms with Crippen LogP contribution in [0.4, 0.5) is 0 Å². The first-order chi connectivity index (χ1) is 16.1. The summed E-state index contributed by atoms with van der Waals surface area (Å²) in [5.74, 6) is 2.13. The van der Waals surface area contributed by atoms with Crippen LogP contribution in [0, 0.1) is 0 Å². The number of nitrogens with zero attached hydrogens (tertiary/aromatic N) is 4. The van der Waals surface area contributed by atoms with E-state index in [2.05, 4.69) is 26.7 Å². The Kier molecular flexibility index (Phi) is 6.05. The highest BCUT2D eigenvalue weighted by molar-refractivity contribution is 7.99. The first-order valence-electron chi connectivity index (χ1n) is 10.4. The molecular weight excluding hydrogens is 474 g/mol. The van der Waals surface area contributed by atoms with Crippen molar-refractivity contribution in [2.45, 2.75) is 30.8 Å². The molecular formula is C23H21N5O2S3. The van der Waals surface area contributed by atoms with Crippen molar-refractivity contribution in [3.05, 3.63) is 63.3 Å². The van der Waals surface area contributed by atoms with Crippen LogP contribution in [-0.4, -0.2) is 31.8 Å². The number of para-hydroxylation sites is 1. The zero-order valence-electron chi connectivity index (χ0n) is 18.2. The Bertz CT molecular complexity index is 1470. The van der Waals surface area contributed by atoms with Crippen LogP contribution in [0.5, 0.6) is 5.75 Å². The smallest absolute Gasteiger partial charge is 0.260 e. The lowest BCUT2D eigenvalue weighted by atomic mass is 10.2. The molecule has 1 unspecified atom stereocenters. The molecule has 1 N–H and O–H groups in total. The van der Waals surface area contributed by atoms with E-state index in [9.17, 15) is 4.79 Å². The Balaban J connectivity index is 1.47. The molecule has 168 valence electrons. The summed E-state index contributed by atoms with van der Waals surface area (Å²) in [5.41, 5.74) is 1.72. The molecule has 5 rings (SSSR count). The lowest BCUT2D eigenvalue weighted by molar-refractivity contribution is 0.416. The number of aromatic nitrogens is 5. The van der Waals surface area contributed by atoms with E-state index in [0.29, 0.717) is 17.8 Å². The number of hydrogen-bond acceptors (Lipinski definition) is 8. The highest BCUT2D eigenvalue weighted by Crippen LogP contribution is 2.38. The van der Waals surface area contributed by atoms with Gasteiger partial charge in [-0.2, -0.15) is 0 Å². The van der Waals surface area contributed by atoms with Crippen LogP contribution < -0.4 is 10.3 Å². The highest BCUT2D eigenvalue weighted by Gasteiger charge is 2.21. The van der Waals surface area contributed by atoms with E-state index in [-0.39, 0.29) is 10.8 Å². The second-order valence-electron chi connectivity index (χ2n) is 7.27. The van der Waals surface area contributed by atoms with Gasteiger partial charge in [-0.25, -0.2) is 4.98 Å². The number of nitrogens with one attached hydrogen (secondary N) is 1. The molecule has 0 spiro atoms. The van der Waals surface area contributed by atoms with Gasteiger partial charge in [0.1, 0.15) is 16.4 Å². The standard InChI is InChI=1S/C23H21N5O2S3/c1-4-28-20(14-8-5-6-9-16(14)30-3)26-27-23(28)33-13(2)19-24-21(29)18-15(12-32-22(18)25-19)17-10-7-11-31-17/h5-13H,4H2,1-3H3,(H,24,25,29). The molecule has 0 saturated heterocycles. The summed E-state index contributed by atoms with van der Waals surface area (Å²) < 4.78 is 7.56. The van der Waals surface area contributed by atoms with E-state index in [1.165, 1.54) is 23.1 Å². The largest absolute Gasteiger partial charge is 0.496 e. The summed E-state index contributed by atoms with van der Waals surface area (Å²) in [4.78, 5) is 22.6. The van der Waals surface area contributed by atoms with Crippen LogP contribution in [-0.2, 0) is 6.54 Å². The van der Waals surface area contributed by atoms with Gasteiger partial charge in [-0.3, -0.25) is 4.79 Å². The summed E-state index contributed by atoms with van der Waals surface area (Å²) in [6.07, 6.45) is 0. The molecule has 0 saturated carbocycles. The zero-order valence-corrected chi connectivity index (χ0v) is 20.7. The minimum atomic E-state index is -0.116. The number of fused-ring (bicyclic) bond motifs is 1. The number of hydrogen-bond donors (Lipinski definition) is 1. The van der Waals surface area contributed by atoms with Gasteiger partial charge in [-0.15, -0.1) is 32.9 Å². The maximum absolute atomic E-state index is 13.0. The number of thiophene rings is 2. The molecule has 7 nitrogen and oxygen atoms in total. The van der Waals surface area contributed by atoms with Gasteiger partial charge in [0.25, 0.3) is 5.56 Å². The van der Waals surface area contributed by atoms with Gasteiger partial charge in [0.05, 0.1) is 23.3 Å². The summed E-state index contributed by atoms with van der Waals surface area (Å²) in [7, 11) is 1.65. The molecule has 1 atom stereocenters. The van der Waals surface area contributed by atoms with Gasteiger partial charge in [0.15, 0.2) is 11.0 Å². The molecule has 33 heavy (non-hydrogen) atoms. The predicted molar refractivity (Wildman–Crippen MR) is 136 cm³/mol. The van der Waals surface area contributed by atoms with Gasteiger partial charge in [-0.1, -0.05) is 30.0 Å². The van der Waals surface area contributed by atoms with Crippen molar-refractivity contribution in [2.24, 2.45) is 0 Å². The van der Waals surface area contributed by atoms with Gasteiger partial charge >= 0.3 is 0 Å². The topological polar surface area (TPSA) is 85.7 Å². The average molecular weight is 496 g/mol. The van der Waals surface area contributed by atoms with E-state index < -0.39 is 0 Å². The van der Waals surface area contributed by atoms with Crippen LogP contribution in [0.1, 0.15) is 24.9 Å². The maximum Gasteiger partial charge on any atom is 0.260 e. The van der Waals surface area contributed by atoms with E-state index >= 15 is 0 Å². The number of methoxy groups -OCH3 is 1. The second kappa shape index (κ2) is 9.12. The molecule has 0 bridgehead atoms. The Morgan fingerprint density at radius 1 is 1.15 bits per heavy atom. The fraction of sp³-hybridized carbons (Fsp3) is 0.217. The first-order valence-corrected chi connectivity index (χ1v) is 13.0. The summed E-state index contributed by atoms with van der Waals surface area (Å²) in [6, 6.07) is 11.8. The fourth-order valence-corrected chi connectivity index (χ4v) is 6.41. The molecule has 0 aliphatic rings. The van der Waals surface area contributed by atoms with Crippen molar-refractivity contribution in [1.29, 1.82) is 0 Å². The number of aromatic amines is 1. The van der Waals surface area contributed by atoms with Crippen molar-refractivity contribution in [3.8, 4) is 27.6 Å². The van der Waals surface area contributed by atoms with Crippen LogP contribution in [0.2, 0.25) is 0 Å². The van der Waals surface area contributed by atoms with Gasteiger partial charge < -0.3 is 14.3 Å². The van der Waals surface area contributed by atoms with Crippen molar-refractivity contribution >= 4 is 44.7 Å². The molecule has 4 aromatic heterocycles. The predicted octanol–water partition coefficient (Wildman–Crippen LogP) is 5.85. The van der Waals surface area contributed by atoms with Crippen LogP contribution in [0.3, 0.4) is 0 Å². The summed E-state index contributed by atoms with van der Waals surface area (Å²) in [5, 5.41) is 14.2. The van der Waals surface area contributed by atoms with Crippen molar-refractivity contribution in [2.75, 3.05) is 7.11 Å². The average Bonchev–Trinajstić information content (AvgIpc) is 3.58. The summed E-state index contributed by atoms with van der Waals surface area (Å²) in [6.45, 7) is 4.77. The van der Waals surface area contributed by atoms with Crippen LogP contribution >= 0.6 is 34.4 Å². The van der Waals surface area contributed by atoms with E-state index in [1.54, 1.807) is 18.4 Å². The number of benzene rings is 1. The molecule has 0 aliphatic heterocycles. The summed E-state index contributed by atoms with van der Waals surface area (Å²) >= 11 is 4.64. The SMILES string of the molecule is CCn1c(SC(C)c2nc3scc(-c4cccs4)c3c(=O)[nH]2)nnc1-c1ccccc1OC. The van der Waals surface area contributed by atoms with E-state index in [1.807, 2.05) is 54.1 Å². The first kappa shape index (κ1) is 21.9. The monoisotopic (exact) mass is 495 g/mol. The third kappa shape index (κ3) is 3.98. The molecule has 1 aromatic carbocycles. The van der Waals surface area contributed by atoms with Gasteiger partial charge in [0, 0.05) is 22.4 Å². The minimum Gasteiger partial charge on any atom is -0.496 e. The third-order valence-corrected chi connectivity index (χ3v) is 8.16. The van der Waals surface area contributed by atoms with E-state index in [0.717, 1.165) is 37.6 Å². The van der Waals surface area contributed by atoms with Crippen molar-refractivity contribution in [3.63, 3.8) is 0 Å². The molecule has 0 amide bonds. The lowest BCUT2D eigenvalue weighted by Gasteiger charge is -2.13. The Morgan fingerprint density at radius 2 is 2.00 bits per heavy atom. The van der Waals surface area contributed by atoms with Gasteiger partial charge in [-0.05, 0) is 37.4 Å². The second-order valence-corrected chi connectivity index (χ2v) is 10.4. The Hall–Kier alpha value is -2.95. The number of ether oxygens (including phenoxy) is 1. The molecule has 4 heterocycles. The van der Waals surface area contributed by atoms with Crippen LogP contribution in [0.15, 0.2) is 57.1 Å². The van der Waals surface area contributed by atoms with Crippen molar-refractivity contribution in [1.82, 2.24) is 24.7 Å². The highest BCUT2D eigenvalue weighted by atomic mass is 32.2. The van der Waals surface area contributed by atoms with E-state index in [4.69, 9.17) is 9.72 Å². The third-order valence-electron chi connectivity index (χ3n) is 5.30. The maximum atomic E-state index is 13.0. The minimum absolute atomic E-state index is 0.112. The Labute approximate surface area is 202 Å². The van der Waals surface area contributed by atoms with Crippen molar-refractivity contribution < 1.29 is 4.74 Å².